The number of carbonyl (C=O) groups is 1. The molecule has 2 N–H and O–H groups in total. The van der Waals surface area contributed by atoms with Crippen molar-refractivity contribution in [1.82, 2.24) is 15.2 Å². The van der Waals surface area contributed by atoms with Crippen molar-refractivity contribution in [2.75, 3.05) is 24.3 Å². The fourth-order valence-corrected chi connectivity index (χ4v) is 2.99. The molecular weight excluding hydrogens is 362 g/mol. The third kappa shape index (κ3) is 5.24. The van der Waals surface area contributed by atoms with Crippen LogP contribution in [0.4, 0.5) is 10.9 Å². The zero-order valence-electron chi connectivity index (χ0n) is 15.2. The van der Waals surface area contributed by atoms with E-state index >= 15 is 0 Å². The van der Waals surface area contributed by atoms with Crippen LogP contribution in [0.25, 0.3) is 0 Å². The molecule has 1 unspecified atom stereocenters. The van der Waals surface area contributed by atoms with Gasteiger partial charge in [-0.2, -0.15) is 0 Å². The van der Waals surface area contributed by atoms with E-state index in [-0.39, 0.29) is 5.91 Å². The number of anilines is 2. The molecule has 3 aromatic rings. The first-order valence-corrected chi connectivity index (χ1v) is 9.45. The smallest absolute Gasteiger partial charge is 0.259 e. The highest BCUT2D eigenvalue weighted by Gasteiger charge is 2.09. The summed E-state index contributed by atoms with van der Waals surface area (Å²) in [6.45, 7) is 2.98. The second kappa shape index (κ2) is 9.09. The molecule has 0 bridgehead atoms. The molecule has 0 aliphatic heterocycles. The van der Waals surface area contributed by atoms with E-state index in [9.17, 15) is 4.79 Å². The molecule has 140 valence electrons. The summed E-state index contributed by atoms with van der Waals surface area (Å²) in [5.74, 6) is 1.77. The first-order valence-electron chi connectivity index (χ1n) is 8.57. The van der Waals surface area contributed by atoms with E-state index in [1.54, 1.807) is 30.9 Å². The number of rotatable bonds is 8. The Labute approximate surface area is 161 Å². The second-order valence-electron chi connectivity index (χ2n) is 6.02. The van der Waals surface area contributed by atoms with Crippen LogP contribution in [0.1, 0.15) is 35.2 Å². The minimum Gasteiger partial charge on any atom is -0.497 e. The summed E-state index contributed by atoms with van der Waals surface area (Å²) in [6, 6.07) is 11.7. The van der Waals surface area contributed by atoms with Crippen LogP contribution in [0, 0.1) is 0 Å². The fraction of sp³-hybridized carbons (Fsp3) is 0.263. The summed E-state index contributed by atoms with van der Waals surface area (Å²) >= 11 is 1.27. The summed E-state index contributed by atoms with van der Waals surface area (Å²) in [5.41, 5.74) is 3.31. The van der Waals surface area contributed by atoms with Crippen LogP contribution in [0.3, 0.4) is 0 Å². The molecule has 3 rings (SSSR count). The average molecular weight is 383 g/mol. The van der Waals surface area contributed by atoms with Crippen molar-refractivity contribution >= 4 is 28.2 Å². The van der Waals surface area contributed by atoms with Gasteiger partial charge in [-0.25, -0.2) is 4.98 Å². The van der Waals surface area contributed by atoms with Gasteiger partial charge in [-0.15, -0.1) is 10.2 Å². The van der Waals surface area contributed by atoms with Crippen LogP contribution in [0.5, 0.6) is 5.75 Å². The minimum atomic E-state index is -0.251. The van der Waals surface area contributed by atoms with E-state index in [2.05, 4.69) is 44.9 Å². The van der Waals surface area contributed by atoms with E-state index < -0.39 is 0 Å². The first kappa shape index (κ1) is 18.8. The molecule has 8 heteroatoms. The maximum Gasteiger partial charge on any atom is 0.259 e. The van der Waals surface area contributed by atoms with Gasteiger partial charge in [0.25, 0.3) is 5.91 Å². The van der Waals surface area contributed by atoms with Gasteiger partial charge in [0, 0.05) is 12.7 Å². The molecule has 2 heterocycles. The Morgan fingerprint density at radius 1 is 1.22 bits per heavy atom. The third-order valence-corrected chi connectivity index (χ3v) is 4.78. The third-order valence-electron chi connectivity index (χ3n) is 4.17. The zero-order chi connectivity index (χ0) is 19.1. The Bertz CT molecular complexity index is 851. The van der Waals surface area contributed by atoms with Gasteiger partial charge in [0.2, 0.25) is 5.13 Å². The number of carbonyl (C=O) groups excluding carboxylic acids is 1. The molecule has 1 amide bonds. The second-order valence-corrected chi connectivity index (χ2v) is 6.85. The lowest BCUT2D eigenvalue weighted by molar-refractivity contribution is 0.102. The van der Waals surface area contributed by atoms with Gasteiger partial charge in [-0.1, -0.05) is 30.4 Å². The van der Waals surface area contributed by atoms with Gasteiger partial charge < -0.3 is 10.1 Å². The standard InChI is InChI=1S/C19H21N5O2S/c1-13(14-3-6-16(26-2)7-4-14)9-10-20-17-8-5-15(11-21-17)18(25)23-19-24-22-12-27-19/h3-8,11-13H,9-10H2,1-2H3,(H,20,21)(H,23,24,25). The van der Waals surface area contributed by atoms with Gasteiger partial charge in [-0.05, 0) is 42.2 Å². The van der Waals surface area contributed by atoms with Crippen molar-refractivity contribution in [3.05, 3.63) is 59.2 Å². The first-order chi connectivity index (χ1) is 13.2. The lowest BCUT2D eigenvalue weighted by Gasteiger charge is -2.13. The van der Waals surface area contributed by atoms with Crippen molar-refractivity contribution in [1.29, 1.82) is 0 Å². The van der Waals surface area contributed by atoms with Gasteiger partial charge in [0.05, 0.1) is 12.7 Å². The van der Waals surface area contributed by atoms with Gasteiger partial charge in [-0.3, -0.25) is 10.1 Å². The highest BCUT2D eigenvalue weighted by molar-refractivity contribution is 7.13. The molecule has 27 heavy (non-hydrogen) atoms. The van der Waals surface area contributed by atoms with Crippen molar-refractivity contribution in [2.45, 2.75) is 19.3 Å². The Balaban J connectivity index is 1.47. The largest absolute Gasteiger partial charge is 0.497 e. The summed E-state index contributed by atoms with van der Waals surface area (Å²) in [4.78, 5) is 16.4. The summed E-state index contributed by atoms with van der Waals surface area (Å²) in [7, 11) is 1.67. The molecule has 0 aliphatic rings. The Hall–Kier alpha value is -3.00. The van der Waals surface area contributed by atoms with Crippen LogP contribution in [0.2, 0.25) is 0 Å². The van der Waals surface area contributed by atoms with Crippen molar-refractivity contribution < 1.29 is 9.53 Å². The van der Waals surface area contributed by atoms with E-state index in [1.165, 1.54) is 16.9 Å². The minimum absolute atomic E-state index is 0.251. The zero-order valence-corrected chi connectivity index (χ0v) is 16.0. The van der Waals surface area contributed by atoms with Gasteiger partial charge >= 0.3 is 0 Å². The van der Waals surface area contributed by atoms with E-state index in [4.69, 9.17) is 4.74 Å². The number of nitrogens with zero attached hydrogens (tertiary/aromatic N) is 3. The fourth-order valence-electron chi connectivity index (χ4n) is 2.55. The maximum atomic E-state index is 12.1. The van der Waals surface area contributed by atoms with E-state index in [0.29, 0.717) is 16.6 Å². The molecule has 2 aromatic heterocycles. The molecule has 0 spiro atoms. The topological polar surface area (TPSA) is 89.0 Å². The Kier molecular flexibility index (Phi) is 6.32. The molecule has 0 saturated carbocycles. The Morgan fingerprint density at radius 3 is 2.67 bits per heavy atom. The van der Waals surface area contributed by atoms with Crippen molar-refractivity contribution in [3.63, 3.8) is 0 Å². The molecule has 0 aliphatic carbocycles. The van der Waals surface area contributed by atoms with E-state index in [0.717, 1.165) is 24.5 Å². The Morgan fingerprint density at radius 2 is 2.04 bits per heavy atom. The molecule has 0 radical (unpaired) electrons. The number of aromatic nitrogens is 3. The van der Waals surface area contributed by atoms with Crippen LogP contribution in [-0.4, -0.2) is 34.7 Å². The number of pyridine rings is 1. The predicted octanol–water partition coefficient (Wildman–Crippen LogP) is 3.80. The average Bonchev–Trinajstić information content (AvgIpc) is 3.21. The van der Waals surface area contributed by atoms with Crippen LogP contribution < -0.4 is 15.4 Å². The number of methoxy groups -OCH3 is 1. The summed E-state index contributed by atoms with van der Waals surface area (Å²) in [5, 5.41) is 13.9. The lowest BCUT2D eigenvalue weighted by atomic mass is 9.98. The highest BCUT2D eigenvalue weighted by Crippen LogP contribution is 2.22. The predicted molar refractivity (Wildman–Crippen MR) is 107 cm³/mol. The van der Waals surface area contributed by atoms with Crippen molar-refractivity contribution in [2.24, 2.45) is 0 Å². The van der Waals surface area contributed by atoms with Crippen LogP contribution in [-0.2, 0) is 0 Å². The highest BCUT2D eigenvalue weighted by atomic mass is 32.1. The summed E-state index contributed by atoms with van der Waals surface area (Å²) in [6.07, 6.45) is 2.51. The van der Waals surface area contributed by atoms with Gasteiger partial charge in [0.15, 0.2) is 0 Å². The molecule has 7 nitrogen and oxygen atoms in total. The number of hydrogen-bond donors (Lipinski definition) is 2. The molecule has 0 saturated heterocycles. The monoisotopic (exact) mass is 383 g/mol. The maximum absolute atomic E-state index is 12.1. The molecule has 1 atom stereocenters. The van der Waals surface area contributed by atoms with Crippen LogP contribution in [0.15, 0.2) is 48.1 Å². The quantitative estimate of drug-likeness (QED) is 0.615. The lowest BCUT2D eigenvalue weighted by Crippen LogP contribution is -2.13. The van der Waals surface area contributed by atoms with Gasteiger partial charge in [0.1, 0.15) is 17.1 Å². The summed E-state index contributed by atoms with van der Waals surface area (Å²) < 4.78 is 5.19. The molecule has 0 fully saturated rings. The number of amides is 1. The molecular formula is C19H21N5O2S. The van der Waals surface area contributed by atoms with E-state index in [1.807, 2.05) is 12.1 Å². The number of ether oxygens (including phenoxy) is 1. The number of nitrogens with one attached hydrogen (secondary N) is 2. The number of hydrogen-bond acceptors (Lipinski definition) is 7. The molecule has 1 aromatic carbocycles. The van der Waals surface area contributed by atoms with Crippen LogP contribution >= 0.6 is 11.3 Å². The van der Waals surface area contributed by atoms with Crippen molar-refractivity contribution in [3.8, 4) is 5.75 Å². The normalized spacial score (nSPS) is 11.6. The SMILES string of the molecule is COc1ccc(C(C)CCNc2ccc(C(=O)Nc3nncs3)cn2)cc1. The number of benzene rings is 1.